The maximum Gasteiger partial charge on any atom is 0.185 e. The largest absolute Gasteiger partial charge is 0.385 e. The average molecular weight is 246 g/mol. The highest BCUT2D eigenvalue weighted by Gasteiger charge is 2.31. The third-order valence-corrected chi connectivity index (χ3v) is 3.22. The molecule has 0 fully saturated rings. The fourth-order valence-corrected chi connectivity index (χ4v) is 2.16. The molecule has 0 radical (unpaired) electrons. The molecule has 0 aromatic rings. The van der Waals surface area contributed by atoms with Gasteiger partial charge in [0.15, 0.2) is 6.29 Å². The number of rotatable bonds is 11. The van der Waals surface area contributed by atoms with Crippen molar-refractivity contribution >= 4 is 0 Å². The van der Waals surface area contributed by atoms with Crippen molar-refractivity contribution in [2.24, 2.45) is 0 Å². The quantitative estimate of drug-likeness (QED) is 0.448. The average Bonchev–Trinajstić information content (AvgIpc) is 2.29. The number of unbranched alkanes of at least 4 members (excludes halogenated alkanes) is 6. The van der Waals surface area contributed by atoms with Crippen molar-refractivity contribution in [2.45, 2.75) is 77.1 Å². The zero-order chi connectivity index (χ0) is 13.1. The fourth-order valence-electron chi connectivity index (χ4n) is 2.16. The molecule has 1 N–H and O–H groups in total. The molecule has 0 amide bonds. The zero-order valence-corrected chi connectivity index (χ0v) is 12.0. The summed E-state index contributed by atoms with van der Waals surface area (Å²) in [6.07, 6.45) is 8.96. The topological polar surface area (TPSA) is 38.7 Å². The highest BCUT2D eigenvalue weighted by atomic mass is 16.7. The van der Waals surface area contributed by atoms with E-state index in [9.17, 15) is 5.11 Å². The van der Waals surface area contributed by atoms with Gasteiger partial charge in [-0.1, -0.05) is 51.9 Å². The second kappa shape index (κ2) is 9.86. The van der Waals surface area contributed by atoms with Crippen LogP contribution in [-0.4, -0.2) is 31.2 Å². The molecule has 0 aromatic heterocycles. The molecule has 0 aliphatic rings. The number of aliphatic hydroxyl groups is 1. The molecule has 0 bridgehead atoms. The van der Waals surface area contributed by atoms with Crippen molar-refractivity contribution in [1.29, 1.82) is 0 Å². The summed E-state index contributed by atoms with van der Waals surface area (Å²) in [7, 11) is 3.13. The highest BCUT2D eigenvalue weighted by molar-refractivity contribution is 4.76. The van der Waals surface area contributed by atoms with Crippen molar-refractivity contribution in [1.82, 2.24) is 0 Å². The summed E-state index contributed by atoms with van der Waals surface area (Å²) in [6, 6.07) is 0. The van der Waals surface area contributed by atoms with Crippen LogP contribution in [0.1, 0.15) is 65.2 Å². The van der Waals surface area contributed by atoms with Gasteiger partial charge in [0.1, 0.15) is 5.60 Å². The van der Waals surface area contributed by atoms with Gasteiger partial charge in [0.25, 0.3) is 0 Å². The summed E-state index contributed by atoms with van der Waals surface area (Å²) in [5.41, 5.74) is -0.882. The zero-order valence-electron chi connectivity index (χ0n) is 12.0. The van der Waals surface area contributed by atoms with E-state index in [-0.39, 0.29) is 0 Å². The van der Waals surface area contributed by atoms with Crippen molar-refractivity contribution in [3.05, 3.63) is 0 Å². The molecule has 0 aliphatic heterocycles. The lowest BCUT2D eigenvalue weighted by atomic mass is 9.97. The van der Waals surface area contributed by atoms with Crippen LogP contribution in [0.5, 0.6) is 0 Å². The Kier molecular flexibility index (Phi) is 9.79. The van der Waals surface area contributed by atoms with Gasteiger partial charge in [0.2, 0.25) is 0 Å². The molecule has 0 spiro atoms. The molecule has 0 heterocycles. The van der Waals surface area contributed by atoms with Gasteiger partial charge in [-0.05, 0) is 13.3 Å². The molecule has 0 rings (SSSR count). The number of ether oxygens (including phenoxy) is 2. The van der Waals surface area contributed by atoms with Crippen LogP contribution in [0.25, 0.3) is 0 Å². The minimum absolute atomic E-state index is 0.525. The lowest BCUT2D eigenvalue weighted by Gasteiger charge is -2.30. The molecular weight excluding hydrogens is 216 g/mol. The molecular formula is C14H30O3. The first-order valence-electron chi connectivity index (χ1n) is 6.86. The van der Waals surface area contributed by atoms with Gasteiger partial charge in [-0.3, -0.25) is 0 Å². The molecule has 0 aliphatic carbocycles. The maximum absolute atomic E-state index is 10.2. The molecule has 1 unspecified atom stereocenters. The lowest BCUT2D eigenvalue weighted by molar-refractivity contribution is -0.210. The highest BCUT2D eigenvalue weighted by Crippen LogP contribution is 2.21. The van der Waals surface area contributed by atoms with Crippen LogP contribution < -0.4 is 0 Å². The van der Waals surface area contributed by atoms with Gasteiger partial charge in [-0.25, -0.2) is 0 Å². The summed E-state index contributed by atoms with van der Waals surface area (Å²) < 4.78 is 10.2. The van der Waals surface area contributed by atoms with Crippen LogP contribution >= 0.6 is 0 Å². The second-order valence-electron chi connectivity index (χ2n) is 5.03. The summed E-state index contributed by atoms with van der Waals surface area (Å²) >= 11 is 0. The van der Waals surface area contributed by atoms with Crippen molar-refractivity contribution in [2.75, 3.05) is 14.2 Å². The summed E-state index contributed by atoms with van der Waals surface area (Å²) in [6.45, 7) is 4.01. The molecule has 1 atom stereocenters. The van der Waals surface area contributed by atoms with Crippen LogP contribution in [0.15, 0.2) is 0 Å². The summed E-state index contributed by atoms with van der Waals surface area (Å²) in [5, 5.41) is 10.2. The SMILES string of the molecule is CCCCCCCCCC(C)(O)C(OC)OC. The van der Waals surface area contributed by atoms with E-state index in [1.807, 2.05) is 0 Å². The molecule has 3 heteroatoms. The van der Waals surface area contributed by atoms with Crippen molar-refractivity contribution in [3.63, 3.8) is 0 Å². The normalized spacial score (nSPS) is 15.2. The van der Waals surface area contributed by atoms with Gasteiger partial charge < -0.3 is 14.6 Å². The van der Waals surface area contributed by atoms with Gasteiger partial charge >= 0.3 is 0 Å². The van der Waals surface area contributed by atoms with Crippen LogP contribution in [0.3, 0.4) is 0 Å². The van der Waals surface area contributed by atoms with E-state index in [1.165, 1.54) is 38.5 Å². The fraction of sp³-hybridized carbons (Fsp3) is 1.00. The number of hydrogen-bond donors (Lipinski definition) is 1. The van der Waals surface area contributed by atoms with Gasteiger partial charge in [-0.15, -0.1) is 0 Å². The lowest BCUT2D eigenvalue weighted by Crippen LogP contribution is -2.41. The van der Waals surface area contributed by atoms with E-state index in [0.717, 1.165) is 12.8 Å². The Morgan fingerprint density at radius 2 is 1.41 bits per heavy atom. The van der Waals surface area contributed by atoms with Gasteiger partial charge in [-0.2, -0.15) is 0 Å². The van der Waals surface area contributed by atoms with Crippen LogP contribution in [0.4, 0.5) is 0 Å². The van der Waals surface area contributed by atoms with Crippen LogP contribution in [-0.2, 0) is 9.47 Å². The first-order valence-corrected chi connectivity index (χ1v) is 6.86. The van der Waals surface area contributed by atoms with E-state index in [2.05, 4.69) is 6.92 Å². The van der Waals surface area contributed by atoms with Crippen LogP contribution in [0.2, 0.25) is 0 Å². The first kappa shape index (κ1) is 16.9. The standard InChI is InChI=1S/C14H30O3/c1-5-6-7-8-9-10-11-12-14(2,15)13(16-3)17-4/h13,15H,5-12H2,1-4H3. The van der Waals surface area contributed by atoms with Crippen molar-refractivity contribution < 1.29 is 14.6 Å². The van der Waals surface area contributed by atoms with E-state index in [1.54, 1.807) is 21.1 Å². The minimum atomic E-state index is -0.882. The van der Waals surface area contributed by atoms with Crippen molar-refractivity contribution in [3.8, 4) is 0 Å². The predicted octanol–water partition coefficient (Wildman–Crippen LogP) is 3.50. The monoisotopic (exact) mass is 246 g/mol. The molecule has 0 saturated carbocycles. The van der Waals surface area contributed by atoms with Gasteiger partial charge in [0, 0.05) is 14.2 Å². The minimum Gasteiger partial charge on any atom is -0.385 e. The Bertz CT molecular complexity index is 165. The van der Waals surface area contributed by atoms with Gasteiger partial charge in [0.05, 0.1) is 0 Å². The number of hydrogen-bond acceptors (Lipinski definition) is 3. The van der Waals surface area contributed by atoms with E-state index >= 15 is 0 Å². The Balaban J connectivity index is 3.58. The van der Waals surface area contributed by atoms with E-state index in [0.29, 0.717) is 0 Å². The molecule has 0 aromatic carbocycles. The number of methoxy groups -OCH3 is 2. The summed E-state index contributed by atoms with van der Waals surface area (Å²) in [4.78, 5) is 0. The van der Waals surface area contributed by atoms with E-state index in [4.69, 9.17) is 9.47 Å². The Labute approximate surface area is 107 Å². The first-order chi connectivity index (χ1) is 8.08. The van der Waals surface area contributed by atoms with E-state index < -0.39 is 11.9 Å². The maximum atomic E-state index is 10.2. The molecule has 17 heavy (non-hydrogen) atoms. The Morgan fingerprint density at radius 1 is 0.941 bits per heavy atom. The third-order valence-electron chi connectivity index (χ3n) is 3.22. The summed E-state index contributed by atoms with van der Waals surface area (Å²) in [5.74, 6) is 0. The molecule has 0 saturated heterocycles. The third kappa shape index (κ3) is 7.74. The molecule has 3 nitrogen and oxygen atoms in total. The predicted molar refractivity (Wildman–Crippen MR) is 71.0 cm³/mol. The second-order valence-corrected chi connectivity index (χ2v) is 5.03. The molecule has 104 valence electrons. The smallest absolute Gasteiger partial charge is 0.185 e. The van der Waals surface area contributed by atoms with Crippen LogP contribution in [0, 0.1) is 0 Å². The Hall–Kier alpha value is -0.120. The Morgan fingerprint density at radius 3 is 1.88 bits per heavy atom.